The third kappa shape index (κ3) is 3.48. The summed E-state index contributed by atoms with van der Waals surface area (Å²) in [5.74, 6) is -0.902. The summed E-state index contributed by atoms with van der Waals surface area (Å²) in [6.07, 6.45) is 0. The van der Waals surface area contributed by atoms with Gasteiger partial charge in [0.1, 0.15) is 0 Å². The van der Waals surface area contributed by atoms with E-state index in [9.17, 15) is 4.79 Å². The maximum Gasteiger partial charge on any atom is 0.335 e. The van der Waals surface area contributed by atoms with Crippen LogP contribution in [0.3, 0.4) is 0 Å². The zero-order valence-corrected chi connectivity index (χ0v) is 13.8. The average molecular weight is 432 g/mol. The maximum absolute atomic E-state index is 10.9. The number of hydrogen-bond donors (Lipinski definition) is 2. The molecule has 3 nitrogen and oxygen atoms in total. The minimum Gasteiger partial charge on any atom is -0.478 e. The molecule has 19 heavy (non-hydrogen) atoms. The van der Waals surface area contributed by atoms with Crippen LogP contribution in [-0.4, -0.2) is 11.1 Å². The SMILES string of the molecule is Cc1cc(Nc2ccc(I)c(Br)c2)ccc1C(=O)O. The molecule has 2 aromatic carbocycles. The minimum atomic E-state index is -0.902. The fourth-order valence-electron chi connectivity index (χ4n) is 1.72. The summed E-state index contributed by atoms with van der Waals surface area (Å²) in [6, 6.07) is 11.2. The molecule has 0 heterocycles. The molecule has 0 aromatic heterocycles. The van der Waals surface area contributed by atoms with Gasteiger partial charge in [-0.25, -0.2) is 4.79 Å². The maximum atomic E-state index is 10.9. The summed E-state index contributed by atoms with van der Waals surface area (Å²) in [5, 5.41) is 12.2. The second-order valence-corrected chi connectivity index (χ2v) is 6.11. The Morgan fingerprint density at radius 3 is 2.42 bits per heavy atom. The second kappa shape index (κ2) is 5.92. The van der Waals surface area contributed by atoms with Crippen LogP contribution in [-0.2, 0) is 0 Å². The number of nitrogens with one attached hydrogen (secondary N) is 1. The van der Waals surface area contributed by atoms with E-state index in [0.29, 0.717) is 5.56 Å². The molecule has 0 radical (unpaired) electrons. The Labute approximate surface area is 133 Å². The van der Waals surface area contributed by atoms with Gasteiger partial charge in [-0.2, -0.15) is 0 Å². The van der Waals surface area contributed by atoms with E-state index < -0.39 is 5.97 Å². The van der Waals surface area contributed by atoms with Crippen LogP contribution in [0.1, 0.15) is 15.9 Å². The van der Waals surface area contributed by atoms with Crippen LogP contribution < -0.4 is 5.32 Å². The van der Waals surface area contributed by atoms with Crippen molar-refractivity contribution in [2.75, 3.05) is 5.32 Å². The lowest BCUT2D eigenvalue weighted by Crippen LogP contribution is -2.00. The first-order valence-electron chi connectivity index (χ1n) is 5.53. The number of rotatable bonds is 3. The number of hydrogen-bond acceptors (Lipinski definition) is 2. The smallest absolute Gasteiger partial charge is 0.335 e. The average Bonchev–Trinajstić information content (AvgIpc) is 2.33. The number of anilines is 2. The van der Waals surface area contributed by atoms with Gasteiger partial charge in [-0.1, -0.05) is 0 Å². The molecule has 0 aliphatic rings. The highest BCUT2D eigenvalue weighted by Crippen LogP contribution is 2.26. The molecule has 0 aliphatic heterocycles. The number of carboxylic acids is 1. The molecule has 0 unspecified atom stereocenters. The molecule has 2 N–H and O–H groups in total. The number of halogens is 2. The first-order chi connectivity index (χ1) is 8.97. The van der Waals surface area contributed by atoms with Crippen molar-refractivity contribution in [2.24, 2.45) is 0 Å². The molecule has 0 amide bonds. The molecule has 0 bridgehead atoms. The zero-order chi connectivity index (χ0) is 14.0. The van der Waals surface area contributed by atoms with Crippen molar-refractivity contribution >= 4 is 55.9 Å². The first kappa shape index (κ1) is 14.3. The lowest BCUT2D eigenvalue weighted by atomic mass is 10.1. The molecule has 0 saturated carbocycles. The van der Waals surface area contributed by atoms with Crippen LogP contribution in [0.4, 0.5) is 11.4 Å². The number of carbonyl (C=O) groups is 1. The van der Waals surface area contributed by atoms with Crippen LogP contribution in [0.15, 0.2) is 40.9 Å². The van der Waals surface area contributed by atoms with Crippen LogP contribution in [0.5, 0.6) is 0 Å². The Balaban J connectivity index is 2.26. The molecule has 0 fully saturated rings. The van der Waals surface area contributed by atoms with Gasteiger partial charge in [0.05, 0.1) is 5.56 Å². The Morgan fingerprint density at radius 1 is 1.21 bits per heavy atom. The highest BCUT2D eigenvalue weighted by atomic mass is 127. The van der Waals surface area contributed by atoms with Gasteiger partial charge >= 0.3 is 5.97 Å². The van der Waals surface area contributed by atoms with Crippen LogP contribution in [0.25, 0.3) is 0 Å². The Hall–Kier alpha value is -1.08. The Kier molecular flexibility index (Phi) is 4.46. The summed E-state index contributed by atoms with van der Waals surface area (Å²) in [4.78, 5) is 10.9. The van der Waals surface area contributed by atoms with Crippen molar-refractivity contribution < 1.29 is 9.90 Å². The fourth-order valence-corrected chi connectivity index (χ4v) is 2.44. The van der Waals surface area contributed by atoms with Crippen LogP contribution in [0.2, 0.25) is 0 Å². The van der Waals surface area contributed by atoms with Crippen LogP contribution >= 0.6 is 38.5 Å². The highest BCUT2D eigenvalue weighted by molar-refractivity contribution is 14.1. The van der Waals surface area contributed by atoms with Crippen molar-refractivity contribution in [1.82, 2.24) is 0 Å². The predicted octanol–water partition coefficient (Wildman–Crippen LogP) is 4.80. The van der Waals surface area contributed by atoms with E-state index in [1.807, 2.05) is 24.3 Å². The number of aryl methyl sites for hydroxylation is 1. The largest absolute Gasteiger partial charge is 0.478 e. The van der Waals surface area contributed by atoms with E-state index in [0.717, 1.165) is 25.0 Å². The van der Waals surface area contributed by atoms with Crippen molar-refractivity contribution in [2.45, 2.75) is 6.92 Å². The number of benzene rings is 2. The molecule has 2 aromatic rings. The lowest BCUT2D eigenvalue weighted by molar-refractivity contribution is 0.0696. The minimum absolute atomic E-state index is 0.328. The molecular weight excluding hydrogens is 421 g/mol. The molecule has 0 spiro atoms. The number of carboxylic acid groups (broad SMARTS) is 1. The van der Waals surface area contributed by atoms with Crippen LogP contribution in [0, 0.1) is 10.5 Å². The quantitative estimate of drug-likeness (QED) is 0.686. The molecular formula is C14H11BrINO2. The second-order valence-electron chi connectivity index (χ2n) is 4.09. The van der Waals surface area contributed by atoms with Crippen molar-refractivity contribution in [3.8, 4) is 0 Å². The summed E-state index contributed by atoms with van der Waals surface area (Å²) < 4.78 is 2.16. The summed E-state index contributed by atoms with van der Waals surface area (Å²) in [7, 11) is 0. The number of aromatic carboxylic acids is 1. The van der Waals surface area contributed by atoms with Gasteiger partial charge in [0.2, 0.25) is 0 Å². The van der Waals surface area contributed by atoms with Gasteiger partial charge in [-0.05, 0) is 87.4 Å². The summed E-state index contributed by atoms with van der Waals surface area (Å²) in [5.41, 5.74) is 2.89. The van der Waals surface area contributed by atoms with E-state index in [-0.39, 0.29) is 0 Å². The van der Waals surface area contributed by atoms with Gasteiger partial charge in [0.15, 0.2) is 0 Å². The molecule has 0 aliphatic carbocycles. The molecule has 5 heteroatoms. The molecule has 98 valence electrons. The van der Waals surface area contributed by atoms with E-state index in [1.54, 1.807) is 19.1 Å². The van der Waals surface area contributed by atoms with Gasteiger partial charge in [-0.15, -0.1) is 0 Å². The van der Waals surface area contributed by atoms with E-state index in [4.69, 9.17) is 5.11 Å². The van der Waals surface area contributed by atoms with E-state index in [2.05, 4.69) is 43.8 Å². The third-order valence-corrected chi connectivity index (χ3v) is 5.00. The predicted molar refractivity (Wildman–Crippen MR) is 88.3 cm³/mol. The van der Waals surface area contributed by atoms with Crippen molar-refractivity contribution in [3.63, 3.8) is 0 Å². The fraction of sp³-hybridized carbons (Fsp3) is 0.0714. The zero-order valence-electron chi connectivity index (χ0n) is 10.1. The highest BCUT2D eigenvalue weighted by Gasteiger charge is 2.07. The molecule has 0 saturated heterocycles. The standard InChI is InChI=1S/C14H11BrINO2/c1-8-6-9(2-4-11(8)14(18)19)17-10-3-5-13(16)12(15)7-10/h2-7,17H,1H3,(H,18,19). The molecule has 0 atom stereocenters. The van der Waals surface area contributed by atoms with Gasteiger partial charge in [-0.3, -0.25) is 0 Å². The summed E-state index contributed by atoms with van der Waals surface area (Å²) in [6.45, 7) is 1.79. The normalized spacial score (nSPS) is 10.3. The van der Waals surface area contributed by atoms with E-state index in [1.165, 1.54) is 0 Å². The monoisotopic (exact) mass is 431 g/mol. The Morgan fingerprint density at radius 2 is 1.84 bits per heavy atom. The van der Waals surface area contributed by atoms with Gasteiger partial charge in [0, 0.05) is 19.4 Å². The van der Waals surface area contributed by atoms with Gasteiger partial charge in [0.25, 0.3) is 0 Å². The van der Waals surface area contributed by atoms with Crippen molar-refractivity contribution in [3.05, 3.63) is 55.6 Å². The molecule has 2 rings (SSSR count). The Bertz CT molecular complexity index is 643. The summed E-state index contributed by atoms with van der Waals surface area (Å²) >= 11 is 5.73. The lowest BCUT2D eigenvalue weighted by Gasteiger charge is -2.09. The van der Waals surface area contributed by atoms with Crippen molar-refractivity contribution in [1.29, 1.82) is 0 Å². The first-order valence-corrected chi connectivity index (χ1v) is 7.40. The third-order valence-electron chi connectivity index (χ3n) is 2.67. The van der Waals surface area contributed by atoms with E-state index >= 15 is 0 Å². The van der Waals surface area contributed by atoms with Gasteiger partial charge < -0.3 is 10.4 Å². The topological polar surface area (TPSA) is 49.3 Å².